The molecule has 0 aromatic heterocycles. The largest absolute Gasteiger partial charge is 0.377 e. The predicted molar refractivity (Wildman–Crippen MR) is 73.5 cm³/mol. The molecule has 0 spiro atoms. The first-order valence-electron chi connectivity index (χ1n) is 7.37. The van der Waals surface area contributed by atoms with Crippen molar-refractivity contribution in [3.63, 3.8) is 0 Å². The van der Waals surface area contributed by atoms with Crippen molar-refractivity contribution in [2.75, 3.05) is 32.8 Å². The molecular weight excluding hydrogens is 212 g/mol. The highest BCUT2D eigenvalue weighted by Crippen LogP contribution is 2.12. The van der Waals surface area contributed by atoms with Crippen LogP contribution in [-0.4, -0.2) is 49.8 Å². The topological polar surface area (TPSA) is 24.5 Å². The van der Waals surface area contributed by atoms with Gasteiger partial charge in [-0.05, 0) is 39.2 Å². The number of piperidine rings is 1. The van der Waals surface area contributed by atoms with Crippen molar-refractivity contribution >= 4 is 0 Å². The fourth-order valence-electron chi connectivity index (χ4n) is 2.59. The standard InChI is InChI=1S/C14H30N2O/c1-4-13(5-2)15-9-11-16-10-7-8-14(12-16)17-6-3/h13-15H,4-12H2,1-3H3. The molecule has 1 atom stereocenters. The third kappa shape index (κ3) is 5.84. The Morgan fingerprint density at radius 1 is 1.29 bits per heavy atom. The Balaban J connectivity index is 2.13. The van der Waals surface area contributed by atoms with Crippen LogP contribution in [0.25, 0.3) is 0 Å². The maximum absolute atomic E-state index is 5.72. The van der Waals surface area contributed by atoms with Gasteiger partial charge in [-0.3, -0.25) is 4.90 Å². The first-order chi connectivity index (χ1) is 8.30. The average molecular weight is 242 g/mol. The Labute approximate surface area is 107 Å². The van der Waals surface area contributed by atoms with Crippen molar-refractivity contribution in [1.29, 1.82) is 0 Å². The summed E-state index contributed by atoms with van der Waals surface area (Å²) in [6.45, 7) is 12.1. The van der Waals surface area contributed by atoms with Crippen LogP contribution in [0.2, 0.25) is 0 Å². The molecule has 0 aromatic rings. The van der Waals surface area contributed by atoms with Crippen molar-refractivity contribution in [2.24, 2.45) is 0 Å². The minimum absolute atomic E-state index is 0.474. The Hall–Kier alpha value is -0.120. The Morgan fingerprint density at radius 3 is 2.71 bits per heavy atom. The predicted octanol–water partition coefficient (Wildman–Crippen LogP) is 2.27. The van der Waals surface area contributed by atoms with Crippen LogP contribution in [0.1, 0.15) is 46.5 Å². The summed E-state index contributed by atoms with van der Waals surface area (Å²) in [6, 6.07) is 0.697. The molecular formula is C14H30N2O. The van der Waals surface area contributed by atoms with Crippen LogP contribution in [0.5, 0.6) is 0 Å². The number of likely N-dealkylation sites (tertiary alicyclic amines) is 1. The van der Waals surface area contributed by atoms with Crippen LogP contribution in [0.4, 0.5) is 0 Å². The average Bonchev–Trinajstić information content (AvgIpc) is 2.36. The van der Waals surface area contributed by atoms with Crippen LogP contribution in [0.15, 0.2) is 0 Å². The molecule has 1 rings (SSSR count). The monoisotopic (exact) mass is 242 g/mol. The third-order valence-corrected chi connectivity index (χ3v) is 3.71. The highest BCUT2D eigenvalue weighted by molar-refractivity contribution is 4.74. The van der Waals surface area contributed by atoms with Gasteiger partial charge < -0.3 is 10.1 Å². The zero-order valence-electron chi connectivity index (χ0n) is 11.9. The molecule has 0 radical (unpaired) electrons. The van der Waals surface area contributed by atoms with Crippen molar-refractivity contribution < 1.29 is 4.74 Å². The van der Waals surface area contributed by atoms with Crippen molar-refractivity contribution in [1.82, 2.24) is 10.2 Å². The van der Waals surface area contributed by atoms with Gasteiger partial charge in [-0.25, -0.2) is 0 Å². The molecule has 1 saturated heterocycles. The van der Waals surface area contributed by atoms with E-state index in [9.17, 15) is 0 Å². The Bertz CT molecular complexity index is 181. The Morgan fingerprint density at radius 2 is 2.06 bits per heavy atom. The molecule has 0 bridgehead atoms. The molecule has 17 heavy (non-hydrogen) atoms. The lowest BCUT2D eigenvalue weighted by atomic mass is 10.1. The zero-order valence-corrected chi connectivity index (χ0v) is 11.9. The van der Waals surface area contributed by atoms with E-state index in [0.717, 1.165) is 19.7 Å². The summed E-state index contributed by atoms with van der Waals surface area (Å²) >= 11 is 0. The normalized spacial score (nSPS) is 22.2. The van der Waals surface area contributed by atoms with E-state index < -0.39 is 0 Å². The second-order valence-corrected chi connectivity index (χ2v) is 4.99. The SMILES string of the molecule is CCOC1CCCN(CCNC(CC)CC)C1. The number of hydrogen-bond donors (Lipinski definition) is 1. The first-order valence-corrected chi connectivity index (χ1v) is 7.37. The highest BCUT2D eigenvalue weighted by Gasteiger charge is 2.19. The Kier molecular flexibility index (Phi) is 7.82. The molecule has 1 aliphatic heterocycles. The summed E-state index contributed by atoms with van der Waals surface area (Å²) in [5.74, 6) is 0. The molecule has 1 N–H and O–H groups in total. The number of hydrogen-bond acceptors (Lipinski definition) is 3. The van der Waals surface area contributed by atoms with Gasteiger partial charge in [-0.15, -0.1) is 0 Å². The lowest BCUT2D eigenvalue weighted by Crippen LogP contribution is -2.44. The number of nitrogens with zero attached hydrogens (tertiary/aromatic N) is 1. The van der Waals surface area contributed by atoms with Crippen LogP contribution in [0.3, 0.4) is 0 Å². The van der Waals surface area contributed by atoms with E-state index in [1.807, 2.05) is 0 Å². The molecule has 0 saturated carbocycles. The van der Waals surface area contributed by atoms with E-state index in [-0.39, 0.29) is 0 Å². The lowest BCUT2D eigenvalue weighted by molar-refractivity contribution is 0.00619. The number of nitrogens with one attached hydrogen (secondary N) is 1. The lowest BCUT2D eigenvalue weighted by Gasteiger charge is -2.32. The van der Waals surface area contributed by atoms with Crippen LogP contribution >= 0.6 is 0 Å². The van der Waals surface area contributed by atoms with Crippen LogP contribution < -0.4 is 5.32 Å². The van der Waals surface area contributed by atoms with Gasteiger partial charge in [0.1, 0.15) is 0 Å². The summed E-state index contributed by atoms with van der Waals surface area (Å²) in [4.78, 5) is 2.54. The van der Waals surface area contributed by atoms with E-state index >= 15 is 0 Å². The van der Waals surface area contributed by atoms with Crippen molar-refractivity contribution in [2.45, 2.75) is 58.6 Å². The van der Waals surface area contributed by atoms with Gasteiger partial charge in [0.25, 0.3) is 0 Å². The molecule has 1 unspecified atom stereocenters. The maximum Gasteiger partial charge on any atom is 0.0702 e. The van der Waals surface area contributed by atoms with Crippen LogP contribution in [-0.2, 0) is 4.74 Å². The zero-order chi connectivity index (χ0) is 12.5. The minimum atomic E-state index is 0.474. The van der Waals surface area contributed by atoms with Gasteiger partial charge in [0.05, 0.1) is 6.10 Å². The molecule has 3 nitrogen and oxygen atoms in total. The fraction of sp³-hybridized carbons (Fsp3) is 1.00. The first kappa shape index (κ1) is 14.9. The second-order valence-electron chi connectivity index (χ2n) is 4.99. The van der Waals surface area contributed by atoms with Gasteiger partial charge in [-0.1, -0.05) is 13.8 Å². The van der Waals surface area contributed by atoms with Gasteiger partial charge >= 0.3 is 0 Å². The molecule has 0 aliphatic carbocycles. The summed E-state index contributed by atoms with van der Waals surface area (Å²) in [5, 5.41) is 3.63. The van der Waals surface area contributed by atoms with Gasteiger partial charge in [0, 0.05) is 32.3 Å². The van der Waals surface area contributed by atoms with E-state index in [4.69, 9.17) is 4.74 Å². The fourth-order valence-corrected chi connectivity index (χ4v) is 2.59. The molecule has 1 heterocycles. The summed E-state index contributed by atoms with van der Waals surface area (Å²) < 4.78 is 5.72. The quantitative estimate of drug-likeness (QED) is 0.706. The summed E-state index contributed by atoms with van der Waals surface area (Å²) in [7, 11) is 0. The number of ether oxygens (including phenoxy) is 1. The van der Waals surface area contributed by atoms with Gasteiger partial charge in [0.2, 0.25) is 0 Å². The molecule has 1 fully saturated rings. The molecule has 0 amide bonds. The molecule has 1 aliphatic rings. The van der Waals surface area contributed by atoms with E-state index in [1.165, 1.54) is 38.8 Å². The smallest absolute Gasteiger partial charge is 0.0702 e. The maximum atomic E-state index is 5.72. The third-order valence-electron chi connectivity index (χ3n) is 3.71. The summed E-state index contributed by atoms with van der Waals surface area (Å²) in [5.41, 5.74) is 0. The number of rotatable bonds is 8. The molecule has 0 aromatic carbocycles. The van der Waals surface area contributed by atoms with E-state index in [2.05, 4.69) is 31.0 Å². The van der Waals surface area contributed by atoms with Gasteiger partial charge in [-0.2, -0.15) is 0 Å². The minimum Gasteiger partial charge on any atom is -0.377 e. The van der Waals surface area contributed by atoms with Crippen molar-refractivity contribution in [3.05, 3.63) is 0 Å². The molecule has 102 valence electrons. The van der Waals surface area contributed by atoms with E-state index in [1.54, 1.807) is 0 Å². The van der Waals surface area contributed by atoms with Crippen LogP contribution in [0, 0.1) is 0 Å². The molecule has 3 heteroatoms. The van der Waals surface area contributed by atoms with E-state index in [0.29, 0.717) is 12.1 Å². The van der Waals surface area contributed by atoms with Gasteiger partial charge in [0.15, 0.2) is 0 Å². The van der Waals surface area contributed by atoms with Crippen molar-refractivity contribution in [3.8, 4) is 0 Å². The highest BCUT2D eigenvalue weighted by atomic mass is 16.5. The second kappa shape index (κ2) is 8.90. The summed E-state index contributed by atoms with van der Waals surface area (Å²) in [6.07, 6.45) is 5.47.